The number of rotatable bonds is 2. The van der Waals surface area contributed by atoms with Gasteiger partial charge in [0.05, 0.1) is 18.3 Å². The lowest BCUT2D eigenvalue weighted by atomic mass is 10.1. The van der Waals surface area contributed by atoms with E-state index in [-0.39, 0.29) is 11.3 Å². The van der Waals surface area contributed by atoms with Crippen LogP contribution in [0.2, 0.25) is 5.02 Å². The van der Waals surface area contributed by atoms with Gasteiger partial charge in [0.1, 0.15) is 5.56 Å². The first-order valence-electron chi connectivity index (χ1n) is 7.02. The monoisotopic (exact) mass is 343 g/mol. The normalized spacial score (nSPS) is 10.8. The Morgan fingerprint density at radius 3 is 2.42 bits per heavy atom. The van der Waals surface area contributed by atoms with Gasteiger partial charge in [0.2, 0.25) is 0 Å². The molecule has 0 aliphatic heterocycles. The molecule has 0 fully saturated rings. The van der Waals surface area contributed by atoms with Crippen LogP contribution in [0.3, 0.4) is 0 Å². The Morgan fingerprint density at radius 1 is 1.12 bits per heavy atom. The SMILES string of the molecule is COC(=O)c1c(N)c2ccc(Cl)cc2n(-c2ccc(N)cc2)c1=O. The Balaban J connectivity index is 2.50. The summed E-state index contributed by atoms with van der Waals surface area (Å²) in [6.07, 6.45) is 0. The van der Waals surface area contributed by atoms with E-state index in [4.69, 9.17) is 27.8 Å². The molecule has 0 atom stereocenters. The van der Waals surface area contributed by atoms with Crippen LogP contribution in [0, 0.1) is 0 Å². The molecule has 6 nitrogen and oxygen atoms in total. The maximum Gasteiger partial charge on any atom is 0.345 e. The summed E-state index contributed by atoms with van der Waals surface area (Å²) in [5.41, 5.74) is 12.6. The molecule has 0 bridgehead atoms. The van der Waals surface area contributed by atoms with Crippen LogP contribution in [-0.2, 0) is 4.74 Å². The third-order valence-corrected chi connectivity index (χ3v) is 3.95. The molecule has 24 heavy (non-hydrogen) atoms. The molecular weight excluding hydrogens is 330 g/mol. The third kappa shape index (κ3) is 2.47. The van der Waals surface area contributed by atoms with Gasteiger partial charge < -0.3 is 16.2 Å². The smallest absolute Gasteiger partial charge is 0.345 e. The number of carbonyl (C=O) groups is 1. The van der Waals surface area contributed by atoms with Crippen molar-refractivity contribution in [3.8, 4) is 5.69 Å². The zero-order valence-corrected chi connectivity index (χ0v) is 13.5. The number of anilines is 2. The van der Waals surface area contributed by atoms with Crippen molar-refractivity contribution in [3.63, 3.8) is 0 Å². The Morgan fingerprint density at radius 2 is 1.79 bits per heavy atom. The molecule has 1 aromatic heterocycles. The average molecular weight is 344 g/mol. The molecule has 0 saturated carbocycles. The molecule has 0 amide bonds. The highest BCUT2D eigenvalue weighted by atomic mass is 35.5. The van der Waals surface area contributed by atoms with Crippen molar-refractivity contribution >= 4 is 39.8 Å². The highest BCUT2D eigenvalue weighted by Crippen LogP contribution is 2.28. The van der Waals surface area contributed by atoms with Crippen LogP contribution in [-0.4, -0.2) is 17.6 Å². The number of nitrogens with two attached hydrogens (primary N) is 2. The number of hydrogen-bond donors (Lipinski definition) is 2. The number of hydrogen-bond acceptors (Lipinski definition) is 5. The Labute approximate surface area is 142 Å². The fourth-order valence-corrected chi connectivity index (χ4v) is 2.73. The summed E-state index contributed by atoms with van der Waals surface area (Å²) in [4.78, 5) is 25.0. The summed E-state index contributed by atoms with van der Waals surface area (Å²) in [5.74, 6) is -0.793. The van der Waals surface area contributed by atoms with Crippen LogP contribution in [0.1, 0.15) is 10.4 Å². The highest BCUT2D eigenvalue weighted by Gasteiger charge is 2.22. The van der Waals surface area contributed by atoms with Gasteiger partial charge in [0.15, 0.2) is 0 Å². The van der Waals surface area contributed by atoms with Crippen LogP contribution in [0.4, 0.5) is 11.4 Å². The number of fused-ring (bicyclic) bond motifs is 1. The summed E-state index contributed by atoms with van der Waals surface area (Å²) in [6.45, 7) is 0. The third-order valence-electron chi connectivity index (χ3n) is 3.72. The first-order valence-corrected chi connectivity index (χ1v) is 7.40. The topological polar surface area (TPSA) is 100 Å². The van der Waals surface area contributed by atoms with Gasteiger partial charge in [-0.1, -0.05) is 11.6 Å². The van der Waals surface area contributed by atoms with Gasteiger partial charge in [-0.2, -0.15) is 0 Å². The molecular formula is C17H14ClN3O3. The van der Waals surface area contributed by atoms with Crippen molar-refractivity contribution in [2.24, 2.45) is 0 Å². The fourth-order valence-electron chi connectivity index (χ4n) is 2.57. The van der Waals surface area contributed by atoms with Crippen LogP contribution in [0.25, 0.3) is 16.6 Å². The first-order chi connectivity index (χ1) is 11.4. The summed E-state index contributed by atoms with van der Waals surface area (Å²) in [6, 6.07) is 11.6. The van der Waals surface area contributed by atoms with Gasteiger partial charge in [-0.15, -0.1) is 0 Å². The van der Waals surface area contributed by atoms with Crippen molar-refractivity contribution in [1.29, 1.82) is 0 Å². The molecule has 3 rings (SSSR count). The lowest BCUT2D eigenvalue weighted by molar-refractivity contribution is 0.0600. The van der Waals surface area contributed by atoms with Crippen molar-refractivity contribution < 1.29 is 9.53 Å². The number of halogens is 1. The van der Waals surface area contributed by atoms with Gasteiger partial charge >= 0.3 is 5.97 Å². The number of aromatic nitrogens is 1. The zero-order valence-electron chi connectivity index (χ0n) is 12.7. The standard InChI is InChI=1S/C17H14ClN3O3/c1-24-17(23)14-15(20)12-7-2-9(18)8-13(12)21(16(14)22)11-5-3-10(19)4-6-11/h2-8H,19-20H2,1H3. The second-order valence-electron chi connectivity index (χ2n) is 5.17. The number of benzene rings is 2. The quantitative estimate of drug-likeness (QED) is 0.550. The molecule has 1 heterocycles. The van der Waals surface area contributed by atoms with Crippen molar-refractivity contribution in [2.45, 2.75) is 0 Å². The second kappa shape index (κ2) is 5.90. The largest absolute Gasteiger partial charge is 0.465 e. The van der Waals surface area contributed by atoms with Crippen molar-refractivity contribution in [3.05, 3.63) is 63.4 Å². The second-order valence-corrected chi connectivity index (χ2v) is 5.61. The number of pyridine rings is 1. The number of methoxy groups -OCH3 is 1. The van der Waals surface area contributed by atoms with Gasteiger partial charge in [-0.25, -0.2) is 4.79 Å². The van der Waals surface area contributed by atoms with Gasteiger partial charge in [-0.05, 0) is 42.5 Å². The highest BCUT2D eigenvalue weighted by molar-refractivity contribution is 6.31. The van der Waals surface area contributed by atoms with Crippen LogP contribution in [0.15, 0.2) is 47.3 Å². The van der Waals surface area contributed by atoms with E-state index in [2.05, 4.69) is 0 Å². The zero-order chi connectivity index (χ0) is 17.4. The van der Waals surface area contributed by atoms with Gasteiger partial charge in [-0.3, -0.25) is 9.36 Å². The summed E-state index contributed by atoms with van der Waals surface area (Å²) < 4.78 is 6.07. The van der Waals surface area contributed by atoms with E-state index in [0.717, 1.165) is 0 Å². The minimum Gasteiger partial charge on any atom is -0.465 e. The maximum absolute atomic E-state index is 12.9. The molecule has 0 spiro atoms. The molecule has 0 radical (unpaired) electrons. The molecule has 122 valence electrons. The molecule has 2 aromatic carbocycles. The van der Waals surface area contributed by atoms with Crippen molar-refractivity contribution in [2.75, 3.05) is 18.6 Å². The lowest BCUT2D eigenvalue weighted by Crippen LogP contribution is -2.28. The van der Waals surface area contributed by atoms with Crippen LogP contribution < -0.4 is 17.0 Å². The molecule has 4 N–H and O–H groups in total. The summed E-state index contributed by atoms with van der Waals surface area (Å²) in [5, 5.41) is 0.965. The summed E-state index contributed by atoms with van der Waals surface area (Å²) >= 11 is 6.07. The van der Waals surface area contributed by atoms with E-state index in [1.54, 1.807) is 42.5 Å². The van der Waals surface area contributed by atoms with E-state index < -0.39 is 11.5 Å². The van der Waals surface area contributed by atoms with Crippen molar-refractivity contribution in [1.82, 2.24) is 4.57 Å². The minimum absolute atomic E-state index is 0.0604. The lowest BCUT2D eigenvalue weighted by Gasteiger charge is -2.15. The molecule has 0 unspecified atom stereocenters. The fraction of sp³-hybridized carbons (Fsp3) is 0.0588. The van der Waals surface area contributed by atoms with Crippen LogP contribution in [0.5, 0.6) is 0 Å². The van der Waals surface area contributed by atoms with E-state index in [1.807, 2.05) is 0 Å². The number of nitrogen functional groups attached to an aromatic ring is 2. The first kappa shape index (κ1) is 15.9. The van der Waals surface area contributed by atoms with Gasteiger partial charge in [0, 0.05) is 21.8 Å². The van der Waals surface area contributed by atoms with Crippen LogP contribution >= 0.6 is 11.6 Å². The molecule has 0 aliphatic carbocycles. The Kier molecular flexibility index (Phi) is 3.91. The maximum atomic E-state index is 12.9. The summed E-state index contributed by atoms with van der Waals surface area (Å²) in [7, 11) is 1.20. The Hall–Kier alpha value is -2.99. The number of ether oxygens (including phenoxy) is 1. The van der Waals surface area contributed by atoms with E-state index >= 15 is 0 Å². The molecule has 7 heteroatoms. The molecule has 3 aromatic rings. The average Bonchev–Trinajstić information content (AvgIpc) is 2.56. The van der Waals surface area contributed by atoms with E-state index in [1.165, 1.54) is 11.7 Å². The van der Waals surface area contributed by atoms with E-state index in [0.29, 0.717) is 27.3 Å². The Bertz CT molecular complexity index is 1010. The predicted octanol–water partition coefficient (Wildman–Crippen LogP) is 2.60. The number of esters is 1. The number of carbonyl (C=O) groups excluding carboxylic acids is 1. The minimum atomic E-state index is -0.793. The predicted molar refractivity (Wildman–Crippen MR) is 94.7 cm³/mol. The molecule has 0 saturated heterocycles. The number of nitrogens with zero attached hydrogens (tertiary/aromatic N) is 1. The van der Waals surface area contributed by atoms with E-state index in [9.17, 15) is 9.59 Å². The van der Waals surface area contributed by atoms with Gasteiger partial charge in [0.25, 0.3) is 5.56 Å². The molecule has 0 aliphatic rings.